The lowest BCUT2D eigenvalue weighted by Crippen LogP contribution is -2.44. The van der Waals surface area contributed by atoms with Crippen molar-refractivity contribution in [3.8, 4) is 0 Å². The zero-order valence-corrected chi connectivity index (χ0v) is 10.7. The summed E-state index contributed by atoms with van der Waals surface area (Å²) in [6, 6.07) is 0.532. The number of hydrogen-bond donors (Lipinski definition) is 1. The van der Waals surface area contributed by atoms with Crippen LogP contribution >= 0.6 is 0 Å². The van der Waals surface area contributed by atoms with E-state index in [1.165, 1.54) is 0 Å². The van der Waals surface area contributed by atoms with Gasteiger partial charge < -0.3 is 9.84 Å². The molecule has 2 bridgehead atoms. The number of nitrogens with zero attached hydrogens (tertiary/aromatic N) is 1. The molecule has 2 fully saturated rings. The topological polar surface area (TPSA) is 49.8 Å². The van der Waals surface area contributed by atoms with Crippen LogP contribution in [-0.2, 0) is 9.53 Å². The van der Waals surface area contributed by atoms with E-state index < -0.39 is 0 Å². The lowest BCUT2D eigenvalue weighted by atomic mass is 10.0. The maximum atomic E-state index is 11.7. The molecule has 0 radical (unpaired) electrons. The molecule has 0 amide bonds. The van der Waals surface area contributed by atoms with Gasteiger partial charge in [0.2, 0.25) is 0 Å². The van der Waals surface area contributed by atoms with E-state index in [0.717, 1.165) is 12.8 Å². The number of aliphatic hydroxyl groups is 1. The van der Waals surface area contributed by atoms with Gasteiger partial charge in [-0.3, -0.25) is 4.90 Å². The van der Waals surface area contributed by atoms with E-state index in [4.69, 9.17) is 4.74 Å². The number of rotatable bonds is 2. The van der Waals surface area contributed by atoms with Gasteiger partial charge in [-0.05, 0) is 33.7 Å². The van der Waals surface area contributed by atoms with Gasteiger partial charge in [-0.15, -0.1) is 0 Å². The maximum absolute atomic E-state index is 11.7. The fraction of sp³-hybridized carbons (Fsp3) is 0.769. The highest BCUT2D eigenvalue weighted by molar-refractivity contribution is 5.87. The van der Waals surface area contributed by atoms with Crippen LogP contribution in [0.2, 0.25) is 0 Å². The second-order valence-corrected chi connectivity index (χ2v) is 5.16. The van der Waals surface area contributed by atoms with Crippen molar-refractivity contribution < 1.29 is 14.6 Å². The fourth-order valence-corrected chi connectivity index (χ4v) is 2.87. The average molecular weight is 239 g/mol. The van der Waals surface area contributed by atoms with Crippen molar-refractivity contribution >= 4 is 5.97 Å². The third-order valence-electron chi connectivity index (χ3n) is 4.10. The molecular formula is C13H21NO3. The Morgan fingerprint density at radius 1 is 1.41 bits per heavy atom. The molecular weight excluding hydrogens is 218 g/mol. The number of allylic oxidation sites excluding steroid dienone is 1. The number of carbonyl (C=O) groups excluding carboxylic acids is 1. The molecule has 1 N–H and O–H groups in total. The maximum Gasteiger partial charge on any atom is 0.333 e. The molecule has 17 heavy (non-hydrogen) atoms. The molecule has 2 rings (SSSR count). The Morgan fingerprint density at radius 2 is 2.12 bits per heavy atom. The summed E-state index contributed by atoms with van der Waals surface area (Å²) >= 11 is 0. The zero-order chi connectivity index (χ0) is 12.6. The van der Waals surface area contributed by atoms with Gasteiger partial charge in [-0.25, -0.2) is 4.79 Å². The van der Waals surface area contributed by atoms with Crippen molar-refractivity contribution in [2.45, 2.75) is 57.4 Å². The number of hydrogen-bond acceptors (Lipinski definition) is 4. The normalized spacial score (nSPS) is 38.2. The molecule has 4 atom stereocenters. The first kappa shape index (κ1) is 12.6. The predicted octanol–water partition coefficient (Wildman–Crippen LogP) is 1.09. The van der Waals surface area contributed by atoms with E-state index in [1.807, 2.05) is 6.92 Å². The number of esters is 1. The second kappa shape index (κ2) is 4.78. The lowest BCUT2D eigenvalue weighted by molar-refractivity contribution is -0.145. The van der Waals surface area contributed by atoms with Gasteiger partial charge in [0.1, 0.15) is 6.10 Å². The summed E-state index contributed by atoms with van der Waals surface area (Å²) in [7, 11) is 2.05. The van der Waals surface area contributed by atoms with Crippen LogP contribution in [0.1, 0.15) is 33.1 Å². The van der Waals surface area contributed by atoms with Crippen LogP contribution in [-0.4, -0.2) is 47.3 Å². The number of ether oxygens (including phenoxy) is 1. The van der Waals surface area contributed by atoms with E-state index in [2.05, 4.69) is 11.9 Å². The standard InChI is InChI=1S/C13H21NO3/c1-4-8(2)13(16)17-12-6-9-5-10(15)7-11(12)14(9)3/h4,9-12,15H,5-7H2,1-3H3. The Morgan fingerprint density at radius 3 is 2.76 bits per heavy atom. The lowest BCUT2D eigenvalue weighted by Gasteiger charge is -2.34. The van der Waals surface area contributed by atoms with Crippen LogP contribution in [0.3, 0.4) is 0 Å². The monoisotopic (exact) mass is 239 g/mol. The molecule has 0 aromatic carbocycles. The first-order chi connectivity index (χ1) is 8.02. The van der Waals surface area contributed by atoms with Gasteiger partial charge in [0.25, 0.3) is 0 Å². The molecule has 2 aliphatic rings. The zero-order valence-electron chi connectivity index (χ0n) is 10.7. The molecule has 4 nitrogen and oxygen atoms in total. The molecule has 4 unspecified atom stereocenters. The summed E-state index contributed by atoms with van der Waals surface area (Å²) < 4.78 is 5.54. The summed E-state index contributed by atoms with van der Waals surface area (Å²) in [5.74, 6) is -0.229. The molecule has 0 saturated carbocycles. The van der Waals surface area contributed by atoms with Crippen LogP contribution in [0.4, 0.5) is 0 Å². The van der Waals surface area contributed by atoms with Crippen LogP contribution in [0.25, 0.3) is 0 Å². The van der Waals surface area contributed by atoms with E-state index in [0.29, 0.717) is 18.0 Å². The van der Waals surface area contributed by atoms with E-state index in [-0.39, 0.29) is 24.2 Å². The average Bonchev–Trinajstić information content (AvgIpc) is 2.49. The largest absolute Gasteiger partial charge is 0.457 e. The van der Waals surface area contributed by atoms with Crippen molar-refractivity contribution in [1.29, 1.82) is 0 Å². The van der Waals surface area contributed by atoms with Gasteiger partial charge in [-0.2, -0.15) is 0 Å². The Balaban J connectivity index is 2.02. The van der Waals surface area contributed by atoms with E-state index >= 15 is 0 Å². The van der Waals surface area contributed by atoms with Crippen LogP contribution in [0.5, 0.6) is 0 Å². The van der Waals surface area contributed by atoms with Gasteiger partial charge in [0, 0.05) is 24.1 Å². The summed E-state index contributed by atoms with van der Waals surface area (Å²) in [4.78, 5) is 14.0. The second-order valence-electron chi connectivity index (χ2n) is 5.16. The summed E-state index contributed by atoms with van der Waals surface area (Å²) in [5.41, 5.74) is 0.648. The van der Waals surface area contributed by atoms with Crippen molar-refractivity contribution in [3.63, 3.8) is 0 Å². The van der Waals surface area contributed by atoms with Gasteiger partial charge in [-0.1, -0.05) is 6.08 Å². The van der Waals surface area contributed by atoms with Crippen LogP contribution in [0, 0.1) is 0 Å². The molecule has 0 spiro atoms. The van der Waals surface area contributed by atoms with Crippen LogP contribution in [0.15, 0.2) is 11.6 Å². The van der Waals surface area contributed by atoms with Gasteiger partial charge in [0.15, 0.2) is 0 Å². The minimum absolute atomic E-state index is 0.0652. The SMILES string of the molecule is CC=C(C)C(=O)OC1CC2CC(O)CC1N2C. The number of piperidine rings is 1. The predicted molar refractivity (Wildman–Crippen MR) is 64.5 cm³/mol. The molecule has 0 aromatic rings. The minimum Gasteiger partial charge on any atom is -0.457 e. The molecule has 2 aliphatic heterocycles. The highest BCUT2D eigenvalue weighted by atomic mass is 16.5. The number of likely N-dealkylation sites (N-methyl/N-ethyl adjacent to an activating group) is 1. The first-order valence-electron chi connectivity index (χ1n) is 6.26. The summed E-state index contributed by atoms with van der Waals surface area (Å²) in [5, 5.41) is 9.74. The van der Waals surface area contributed by atoms with Crippen molar-refractivity contribution in [2.75, 3.05) is 7.05 Å². The van der Waals surface area contributed by atoms with Crippen LogP contribution < -0.4 is 0 Å². The van der Waals surface area contributed by atoms with Crippen molar-refractivity contribution in [1.82, 2.24) is 4.90 Å². The van der Waals surface area contributed by atoms with Gasteiger partial charge in [0.05, 0.1) is 6.10 Å². The van der Waals surface area contributed by atoms with Crippen molar-refractivity contribution in [2.24, 2.45) is 0 Å². The van der Waals surface area contributed by atoms with E-state index in [9.17, 15) is 9.90 Å². The summed E-state index contributed by atoms with van der Waals surface area (Å²) in [6.07, 6.45) is 3.81. The Kier molecular flexibility index (Phi) is 3.54. The Hall–Kier alpha value is -0.870. The molecule has 2 heterocycles. The highest BCUT2D eigenvalue weighted by Crippen LogP contribution is 2.36. The number of fused-ring (bicyclic) bond motifs is 2. The number of carbonyl (C=O) groups is 1. The third-order valence-corrected chi connectivity index (χ3v) is 4.10. The quantitative estimate of drug-likeness (QED) is 0.579. The fourth-order valence-electron chi connectivity index (χ4n) is 2.87. The Labute approximate surface area is 102 Å². The van der Waals surface area contributed by atoms with Gasteiger partial charge >= 0.3 is 5.97 Å². The number of aliphatic hydroxyl groups excluding tert-OH is 1. The Bertz CT molecular complexity index is 340. The molecule has 4 heteroatoms. The highest BCUT2D eigenvalue weighted by Gasteiger charge is 2.46. The third kappa shape index (κ3) is 2.38. The summed E-state index contributed by atoms with van der Waals surface area (Å²) in [6.45, 7) is 3.60. The minimum atomic E-state index is -0.243. The molecule has 2 saturated heterocycles. The smallest absolute Gasteiger partial charge is 0.333 e. The first-order valence-corrected chi connectivity index (χ1v) is 6.26. The molecule has 0 aliphatic carbocycles. The molecule has 96 valence electrons. The van der Waals surface area contributed by atoms with Crippen molar-refractivity contribution in [3.05, 3.63) is 11.6 Å². The van der Waals surface area contributed by atoms with E-state index in [1.54, 1.807) is 13.0 Å². The molecule has 0 aromatic heterocycles.